The fraction of sp³-hybridized carbons (Fsp3) is 0.348. The molecule has 3 rings (SSSR count). The number of nitrogens with zero attached hydrogens (tertiary/aromatic N) is 2. The van der Waals surface area contributed by atoms with E-state index in [1.165, 1.54) is 4.90 Å². The molecule has 0 saturated carbocycles. The third kappa shape index (κ3) is 5.27. The Morgan fingerprint density at radius 1 is 1.07 bits per heavy atom. The number of halogens is 1. The standard InChI is InChI=1S/C23H26BrN3O3/c1-16-7-3-4-8-18(16)23(30)27-13-11-17(12-14-27)22(29)26(2)15-21(28)25-20-10-6-5-9-19(20)24/h3-10,17H,11-15H2,1-2H3,(H,25,28). The maximum Gasteiger partial charge on any atom is 0.254 e. The summed E-state index contributed by atoms with van der Waals surface area (Å²) in [6.07, 6.45) is 1.21. The predicted molar refractivity (Wildman–Crippen MR) is 120 cm³/mol. The lowest BCUT2D eigenvalue weighted by Crippen LogP contribution is -2.45. The van der Waals surface area contributed by atoms with Gasteiger partial charge in [0.15, 0.2) is 0 Å². The van der Waals surface area contributed by atoms with Crippen molar-refractivity contribution in [2.45, 2.75) is 19.8 Å². The Labute approximate surface area is 185 Å². The molecule has 1 fully saturated rings. The number of carbonyl (C=O) groups is 3. The first-order valence-corrected chi connectivity index (χ1v) is 10.8. The molecular formula is C23H26BrN3O3. The average Bonchev–Trinajstić information content (AvgIpc) is 2.75. The van der Waals surface area contributed by atoms with Gasteiger partial charge in [-0.1, -0.05) is 30.3 Å². The Balaban J connectivity index is 1.51. The van der Waals surface area contributed by atoms with Gasteiger partial charge in [0.2, 0.25) is 11.8 Å². The maximum absolute atomic E-state index is 12.8. The van der Waals surface area contributed by atoms with E-state index < -0.39 is 0 Å². The molecule has 1 heterocycles. The Morgan fingerprint density at radius 3 is 2.37 bits per heavy atom. The number of benzene rings is 2. The van der Waals surface area contributed by atoms with E-state index in [1.54, 1.807) is 13.1 Å². The van der Waals surface area contributed by atoms with E-state index >= 15 is 0 Å². The number of hydrogen-bond donors (Lipinski definition) is 1. The third-order valence-corrected chi connectivity index (χ3v) is 6.10. The highest BCUT2D eigenvalue weighted by molar-refractivity contribution is 9.10. The van der Waals surface area contributed by atoms with E-state index in [-0.39, 0.29) is 30.2 Å². The largest absolute Gasteiger partial charge is 0.339 e. The summed E-state index contributed by atoms with van der Waals surface area (Å²) in [5.74, 6) is -0.461. The number of amides is 3. The van der Waals surface area contributed by atoms with Crippen molar-refractivity contribution >= 4 is 39.3 Å². The molecule has 1 N–H and O–H groups in total. The summed E-state index contributed by atoms with van der Waals surface area (Å²) < 4.78 is 0.790. The zero-order chi connectivity index (χ0) is 21.7. The molecule has 6 nitrogen and oxygen atoms in total. The minimum atomic E-state index is -0.245. The maximum atomic E-state index is 12.8. The van der Waals surface area contributed by atoms with Gasteiger partial charge in [0.25, 0.3) is 5.91 Å². The zero-order valence-corrected chi connectivity index (χ0v) is 18.8. The average molecular weight is 472 g/mol. The second kappa shape index (κ2) is 9.89. The number of aryl methyl sites for hydroxylation is 1. The normalized spacial score (nSPS) is 14.3. The highest BCUT2D eigenvalue weighted by atomic mass is 79.9. The van der Waals surface area contributed by atoms with Crippen LogP contribution >= 0.6 is 15.9 Å². The molecule has 0 radical (unpaired) electrons. The van der Waals surface area contributed by atoms with E-state index in [4.69, 9.17) is 0 Å². The van der Waals surface area contributed by atoms with Gasteiger partial charge in [-0.15, -0.1) is 0 Å². The van der Waals surface area contributed by atoms with Crippen LogP contribution in [0, 0.1) is 12.8 Å². The predicted octanol–water partition coefficient (Wildman–Crippen LogP) is 3.71. The molecule has 1 saturated heterocycles. The molecule has 2 aromatic rings. The van der Waals surface area contributed by atoms with Gasteiger partial charge in [0.05, 0.1) is 12.2 Å². The van der Waals surface area contributed by atoms with Crippen molar-refractivity contribution in [2.24, 2.45) is 5.92 Å². The third-order valence-electron chi connectivity index (χ3n) is 5.41. The lowest BCUT2D eigenvalue weighted by atomic mass is 9.94. The second-order valence-electron chi connectivity index (χ2n) is 7.60. The van der Waals surface area contributed by atoms with Crippen molar-refractivity contribution in [3.8, 4) is 0 Å². The quantitative estimate of drug-likeness (QED) is 0.722. The lowest BCUT2D eigenvalue weighted by molar-refractivity contribution is -0.138. The van der Waals surface area contributed by atoms with E-state index in [2.05, 4.69) is 21.2 Å². The van der Waals surface area contributed by atoms with Gasteiger partial charge in [0, 0.05) is 36.1 Å². The highest BCUT2D eigenvalue weighted by Crippen LogP contribution is 2.23. The van der Waals surface area contributed by atoms with Crippen LogP contribution in [-0.4, -0.2) is 54.2 Å². The number of para-hydroxylation sites is 1. The van der Waals surface area contributed by atoms with Gasteiger partial charge in [-0.25, -0.2) is 0 Å². The van der Waals surface area contributed by atoms with Crippen LogP contribution in [0.25, 0.3) is 0 Å². The molecular weight excluding hydrogens is 446 g/mol. The molecule has 0 aliphatic carbocycles. The molecule has 3 amide bonds. The van der Waals surface area contributed by atoms with Crippen LogP contribution in [0.1, 0.15) is 28.8 Å². The topological polar surface area (TPSA) is 69.7 Å². The first kappa shape index (κ1) is 22.0. The molecule has 0 aromatic heterocycles. The van der Waals surface area contributed by atoms with Crippen molar-refractivity contribution in [2.75, 3.05) is 32.0 Å². The Bertz CT molecular complexity index is 939. The summed E-state index contributed by atoms with van der Waals surface area (Å²) in [5.41, 5.74) is 2.34. The Morgan fingerprint density at radius 2 is 1.70 bits per heavy atom. The van der Waals surface area contributed by atoms with Crippen molar-refractivity contribution in [1.82, 2.24) is 9.80 Å². The molecule has 0 atom stereocenters. The summed E-state index contributed by atoms with van der Waals surface area (Å²) >= 11 is 3.39. The number of hydrogen-bond acceptors (Lipinski definition) is 3. The van der Waals surface area contributed by atoms with Crippen LogP contribution in [0.2, 0.25) is 0 Å². The Hall–Kier alpha value is -2.67. The lowest BCUT2D eigenvalue weighted by Gasteiger charge is -2.33. The molecule has 1 aliphatic heterocycles. The summed E-state index contributed by atoms with van der Waals surface area (Å²) in [6, 6.07) is 14.9. The monoisotopic (exact) mass is 471 g/mol. The summed E-state index contributed by atoms with van der Waals surface area (Å²) in [4.78, 5) is 41.1. The first-order valence-electron chi connectivity index (χ1n) is 10.0. The number of nitrogens with one attached hydrogen (secondary N) is 1. The summed E-state index contributed by atoms with van der Waals surface area (Å²) in [6.45, 7) is 3.00. The fourth-order valence-corrected chi connectivity index (χ4v) is 4.05. The smallest absolute Gasteiger partial charge is 0.254 e. The molecule has 30 heavy (non-hydrogen) atoms. The van der Waals surface area contributed by atoms with Crippen LogP contribution in [-0.2, 0) is 9.59 Å². The van der Waals surface area contributed by atoms with E-state index in [0.29, 0.717) is 37.2 Å². The fourth-order valence-electron chi connectivity index (χ4n) is 3.67. The van der Waals surface area contributed by atoms with E-state index in [9.17, 15) is 14.4 Å². The van der Waals surface area contributed by atoms with Crippen LogP contribution in [0.15, 0.2) is 53.0 Å². The van der Waals surface area contributed by atoms with Gasteiger partial charge in [-0.3, -0.25) is 14.4 Å². The minimum Gasteiger partial charge on any atom is -0.339 e. The van der Waals surface area contributed by atoms with Crippen LogP contribution in [0.5, 0.6) is 0 Å². The second-order valence-corrected chi connectivity index (χ2v) is 8.46. The highest BCUT2D eigenvalue weighted by Gasteiger charge is 2.30. The van der Waals surface area contributed by atoms with Gasteiger partial charge >= 0.3 is 0 Å². The number of rotatable bonds is 5. The molecule has 158 valence electrons. The van der Waals surface area contributed by atoms with Crippen molar-refractivity contribution in [3.05, 3.63) is 64.1 Å². The van der Waals surface area contributed by atoms with Crippen LogP contribution in [0.3, 0.4) is 0 Å². The Kier molecular flexibility index (Phi) is 7.26. The molecule has 7 heteroatoms. The van der Waals surface area contributed by atoms with Gasteiger partial charge in [-0.2, -0.15) is 0 Å². The molecule has 0 unspecified atom stereocenters. The van der Waals surface area contributed by atoms with Crippen LogP contribution in [0.4, 0.5) is 5.69 Å². The molecule has 0 spiro atoms. The molecule has 0 bridgehead atoms. The number of likely N-dealkylation sites (tertiary alicyclic amines) is 1. The van der Waals surface area contributed by atoms with Crippen molar-refractivity contribution < 1.29 is 14.4 Å². The molecule has 1 aliphatic rings. The number of piperidine rings is 1. The summed E-state index contributed by atoms with van der Waals surface area (Å²) in [5, 5.41) is 2.81. The zero-order valence-electron chi connectivity index (χ0n) is 17.2. The van der Waals surface area contributed by atoms with Gasteiger partial charge in [-0.05, 0) is 59.5 Å². The number of carbonyl (C=O) groups excluding carboxylic acids is 3. The van der Waals surface area contributed by atoms with Gasteiger partial charge < -0.3 is 15.1 Å². The number of likely N-dealkylation sites (N-methyl/N-ethyl adjacent to an activating group) is 1. The van der Waals surface area contributed by atoms with Crippen molar-refractivity contribution in [3.63, 3.8) is 0 Å². The molecule has 2 aromatic carbocycles. The minimum absolute atomic E-state index is 0.0114. The van der Waals surface area contributed by atoms with E-state index in [1.807, 2.05) is 54.3 Å². The van der Waals surface area contributed by atoms with Crippen LogP contribution < -0.4 is 5.32 Å². The first-order chi connectivity index (χ1) is 14.4. The SMILES string of the molecule is Cc1ccccc1C(=O)N1CCC(C(=O)N(C)CC(=O)Nc2ccccc2Br)CC1. The summed E-state index contributed by atoms with van der Waals surface area (Å²) in [7, 11) is 1.65. The van der Waals surface area contributed by atoms with E-state index in [0.717, 1.165) is 10.0 Å². The van der Waals surface area contributed by atoms with Crippen molar-refractivity contribution in [1.29, 1.82) is 0 Å². The number of anilines is 1. The van der Waals surface area contributed by atoms with Gasteiger partial charge in [0.1, 0.15) is 0 Å².